The number of aryl methyl sites for hydroxylation is 2. The van der Waals surface area contributed by atoms with E-state index in [4.69, 9.17) is 12.2 Å². The molecule has 0 aliphatic carbocycles. The molecule has 5 heteroatoms. The number of benzene rings is 2. The molecule has 3 nitrogen and oxygen atoms in total. The Kier molecular flexibility index (Phi) is 5.02. The first-order valence-electron chi connectivity index (χ1n) is 7.66. The van der Waals surface area contributed by atoms with Gasteiger partial charge in [-0.3, -0.25) is 9.69 Å². The summed E-state index contributed by atoms with van der Waals surface area (Å²) in [6, 6.07) is 16.0. The Bertz CT molecular complexity index is 815. The maximum Gasteiger partial charge on any atom is 0.267 e. The van der Waals surface area contributed by atoms with Gasteiger partial charge in [0, 0.05) is 5.69 Å². The Morgan fingerprint density at radius 1 is 1.17 bits per heavy atom. The molecule has 1 fully saturated rings. The summed E-state index contributed by atoms with van der Waals surface area (Å²) in [4.78, 5) is 14.9. The summed E-state index contributed by atoms with van der Waals surface area (Å²) >= 11 is 6.71. The minimum atomic E-state index is -0.0499. The van der Waals surface area contributed by atoms with Gasteiger partial charge in [0.1, 0.15) is 4.32 Å². The van der Waals surface area contributed by atoms with Gasteiger partial charge in [-0.2, -0.15) is 0 Å². The zero-order chi connectivity index (χ0) is 17.1. The van der Waals surface area contributed by atoms with Gasteiger partial charge in [-0.25, -0.2) is 0 Å². The molecule has 1 aliphatic rings. The van der Waals surface area contributed by atoms with E-state index >= 15 is 0 Å². The highest BCUT2D eigenvalue weighted by Gasteiger charge is 2.31. The number of rotatable bonds is 4. The van der Waals surface area contributed by atoms with Crippen LogP contribution in [0.2, 0.25) is 0 Å². The van der Waals surface area contributed by atoms with Crippen molar-refractivity contribution in [2.75, 3.05) is 12.0 Å². The van der Waals surface area contributed by atoms with Crippen LogP contribution in [0.1, 0.15) is 16.7 Å². The fourth-order valence-corrected chi connectivity index (χ4v) is 3.77. The number of hydrogen-bond donors (Lipinski definition) is 1. The van der Waals surface area contributed by atoms with E-state index in [1.165, 1.54) is 17.3 Å². The van der Waals surface area contributed by atoms with Gasteiger partial charge >= 0.3 is 0 Å². The average molecular weight is 355 g/mol. The molecular weight excluding hydrogens is 336 g/mol. The Labute approximate surface area is 151 Å². The summed E-state index contributed by atoms with van der Waals surface area (Å²) in [5, 5.41) is 3.30. The monoisotopic (exact) mass is 354 g/mol. The number of thiocarbonyl (C=S) groups is 1. The summed E-state index contributed by atoms with van der Waals surface area (Å²) in [6.45, 7) is 4.49. The highest BCUT2D eigenvalue weighted by atomic mass is 32.2. The van der Waals surface area contributed by atoms with Crippen LogP contribution in [0.25, 0.3) is 6.08 Å². The third-order valence-electron chi connectivity index (χ3n) is 3.78. The standard InChI is InChI=1S/C19H18N2OS2/c1-13-8-9-16(14(2)10-13)20-12-21-18(22)17(24-19(21)23)11-15-6-4-3-5-7-15/h3-11,20H,12H2,1-2H3/b17-11+. The number of thioether (sulfide) groups is 1. The van der Waals surface area contributed by atoms with Crippen molar-refractivity contribution in [3.63, 3.8) is 0 Å². The molecule has 1 heterocycles. The van der Waals surface area contributed by atoms with E-state index in [0.29, 0.717) is 15.9 Å². The van der Waals surface area contributed by atoms with E-state index < -0.39 is 0 Å². The van der Waals surface area contributed by atoms with E-state index in [2.05, 4.69) is 31.3 Å². The smallest absolute Gasteiger partial charge is 0.267 e. The second-order valence-corrected chi connectivity index (χ2v) is 7.35. The summed E-state index contributed by atoms with van der Waals surface area (Å²) in [6.07, 6.45) is 1.89. The Hall–Kier alpha value is -2.11. The number of amides is 1. The zero-order valence-corrected chi connectivity index (χ0v) is 15.2. The molecule has 3 rings (SSSR count). The predicted molar refractivity (Wildman–Crippen MR) is 106 cm³/mol. The van der Waals surface area contributed by atoms with E-state index in [1.54, 1.807) is 4.90 Å². The van der Waals surface area contributed by atoms with Crippen molar-refractivity contribution in [3.8, 4) is 0 Å². The van der Waals surface area contributed by atoms with Crippen LogP contribution < -0.4 is 5.32 Å². The fourth-order valence-electron chi connectivity index (χ4n) is 2.51. The van der Waals surface area contributed by atoms with Gasteiger partial charge in [0.15, 0.2) is 0 Å². The lowest BCUT2D eigenvalue weighted by Gasteiger charge is -2.17. The molecule has 1 N–H and O–H groups in total. The van der Waals surface area contributed by atoms with Gasteiger partial charge in [0.2, 0.25) is 0 Å². The Morgan fingerprint density at radius 2 is 1.92 bits per heavy atom. The minimum Gasteiger partial charge on any atom is -0.367 e. The van der Waals surface area contributed by atoms with Crippen LogP contribution in [-0.2, 0) is 4.79 Å². The van der Waals surface area contributed by atoms with Gasteiger partial charge in [-0.1, -0.05) is 72.0 Å². The second-order valence-electron chi connectivity index (χ2n) is 5.67. The Morgan fingerprint density at radius 3 is 2.62 bits per heavy atom. The van der Waals surface area contributed by atoms with Crippen LogP contribution >= 0.6 is 24.0 Å². The molecule has 1 saturated heterocycles. The third-order valence-corrected chi connectivity index (χ3v) is 5.16. The molecule has 0 radical (unpaired) electrons. The maximum atomic E-state index is 12.6. The normalized spacial score (nSPS) is 16.1. The van der Waals surface area contributed by atoms with Gasteiger partial charge in [-0.15, -0.1) is 0 Å². The van der Waals surface area contributed by atoms with Crippen molar-refractivity contribution in [1.29, 1.82) is 0 Å². The lowest BCUT2D eigenvalue weighted by atomic mass is 10.1. The molecule has 1 amide bonds. The molecule has 2 aromatic rings. The topological polar surface area (TPSA) is 32.3 Å². The predicted octanol–water partition coefficient (Wildman–Crippen LogP) is 4.57. The molecular formula is C19H18N2OS2. The molecule has 0 aromatic heterocycles. The molecule has 0 spiro atoms. The zero-order valence-electron chi connectivity index (χ0n) is 13.6. The number of nitrogens with one attached hydrogen (secondary N) is 1. The van der Waals surface area contributed by atoms with Crippen molar-refractivity contribution >= 4 is 46.0 Å². The van der Waals surface area contributed by atoms with Gasteiger partial charge in [-0.05, 0) is 37.1 Å². The third kappa shape index (κ3) is 3.68. The summed E-state index contributed by atoms with van der Waals surface area (Å²) in [7, 11) is 0. The van der Waals surface area contributed by atoms with Crippen LogP contribution in [0.5, 0.6) is 0 Å². The van der Waals surface area contributed by atoms with Crippen molar-refractivity contribution in [1.82, 2.24) is 4.90 Å². The van der Waals surface area contributed by atoms with E-state index in [0.717, 1.165) is 16.8 Å². The van der Waals surface area contributed by atoms with Crippen LogP contribution in [0.4, 0.5) is 5.69 Å². The quantitative estimate of drug-likeness (QED) is 0.644. The minimum absolute atomic E-state index is 0.0499. The van der Waals surface area contributed by atoms with E-state index in [9.17, 15) is 4.79 Å². The molecule has 0 bridgehead atoms. The Balaban J connectivity index is 1.72. The second kappa shape index (κ2) is 7.20. The molecule has 0 saturated carbocycles. The van der Waals surface area contributed by atoms with Gasteiger partial charge in [0.25, 0.3) is 5.91 Å². The highest BCUT2D eigenvalue weighted by Crippen LogP contribution is 2.32. The molecule has 2 aromatic carbocycles. The molecule has 122 valence electrons. The van der Waals surface area contributed by atoms with E-state index in [-0.39, 0.29) is 5.91 Å². The van der Waals surface area contributed by atoms with Crippen LogP contribution in [0.3, 0.4) is 0 Å². The summed E-state index contributed by atoms with van der Waals surface area (Å²) < 4.78 is 0.583. The number of carbonyl (C=O) groups excluding carboxylic acids is 1. The van der Waals surface area contributed by atoms with Crippen molar-refractivity contribution < 1.29 is 4.79 Å². The van der Waals surface area contributed by atoms with Crippen molar-refractivity contribution in [3.05, 3.63) is 70.1 Å². The lowest BCUT2D eigenvalue weighted by molar-refractivity contribution is -0.121. The molecule has 0 unspecified atom stereocenters. The number of anilines is 1. The first-order chi connectivity index (χ1) is 11.5. The number of hydrogen-bond acceptors (Lipinski definition) is 4. The first kappa shape index (κ1) is 16.7. The first-order valence-corrected chi connectivity index (χ1v) is 8.88. The lowest BCUT2D eigenvalue weighted by Crippen LogP contribution is -2.33. The summed E-state index contributed by atoms with van der Waals surface area (Å²) in [5.41, 5.74) is 4.39. The van der Waals surface area contributed by atoms with Crippen molar-refractivity contribution in [2.24, 2.45) is 0 Å². The average Bonchev–Trinajstić information content (AvgIpc) is 2.82. The molecule has 24 heavy (non-hydrogen) atoms. The van der Waals surface area contributed by atoms with Gasteiger partial charge in [0.05, 0.1) is 11.6 Å². The molecule has 1 aliphatic heterocycles. The number of nitrogens with zero attached hydrogens (tertiary/aromatic N) is 1. The highest BCUT2D eigenvalue weighted by molar-refractivity contribution is 8.26. The van der Waals surface area contributed by atoms with Gasteiger partial charge < -0.3 is 5.32 Å². The fraction of sp³-hybridized carbons (Fsp3) is 0.158. The van der Waals surface area contributed by atoms with Crippen LogP contribution in [0, 0.1) is 13.8 Å². The van der Waals surface area contributed by atoms with E-state index in [1.807, 2.05) is 42.5 Å². The maximum absolute atomic E-state index is 12.6. The number of carbonyl (C=O) groups is 1. The van der Waals surface area contributed by atoms with Crippen LogP contribution in [0.15, 0.2) is 53.4 Å². The SMILES string of the molecule is Cc1ccc(NCN2C(=O)/C(=C\c3ccccc3)SC2=S)c(C)c1. The van der Waals surface area contributed by atoms with Crippen LogP contribution in [-0.4, -0.2) is 21.8 Å². The summed E-state index contributed by atoms with van der Waals surface area (Å²) in [5.74, 6) is -0.0499. The largest absolute Gasteiger partial charge is 0.367 e. The molecule has 0 atom stereocenters. The van der Waals surface area contributed by atoms with Crippen molar-refractivity contribution in [2.45, 2.75) is 13.8 Å².